The van der Waals surface area contributed by atoms with Gasteiger partial charge in [0.15, 0.2) is 0 Å². The van der Waals surface area contributed by atoms with E-state index < -0.39 is 0 Å². The lowest BCUT2D eigenvalue weighted by Gasteiger charge is -2.37. The maximum atomic E-state index is 14.0. The molecule has 6 heteroatoms. The first-order valence-electron chi connectivity index (χ1n) is 9.73. The van der Waals surface area contributed by atoms with Crippen molar-refractivity contribution in [3.63, 3.8) is 0 Å². The predicted octanol–water partition coefficient (Wildman–Crippen LogP) is 3.48. The molecule has 5 nitrogen and oxygen atoms in total. The summed E-state index contributed by atoms with van der Waals surface area (Å²) >= 11 is 0. The molecule has 2 aromatic carbocycles. The quantitative estimate of drug-likeness (QED) is 0.725. The van der Waals surface area contributed by atoms with E-state index in [0.29, 0.717) is 17.9 Å². The number of rotatable bonds is 5. The van der Waals surface area contributed by atoms with Gasteiger partial charge in [-0.3, -0.25) is 9.78 Å². The fourth-order valence-electron chi connectivity index (χ4n) is 3.52. The van der Waals surface area contributed by atoms with Gasteiger partial charge in [0.2, 0.25) is 0 Å². The Bertz CT molecular complexity index is 971. The number of aromatic nitrogens is 1. The number of para-hydroxylation sites is 1. The summed E-state index contributed by atoms with van der Waals surface area (Å²) < 4.78 is 14.0. The molecule has 29 heavy (non-hydrogen) atoms. The van der Waals surface area contributed by atoms with E-state index in [4.69, 9.17) is 0 Å². The molecular weight excluding hydrogens is 367 g/mol. The summed E-state index contributed by atoms with van der Waals surface area (Å²) in [6.07, 6.45) is 1.66. The zero-order valence-corrected chi connectivity index (χ0v) is 16.1. The predicted molar refractivity (Wildman–Crippen MR) is 113 cm³/mol. The second-order valence-corrected chi connectivity index (χ2v) is 6.99. The summed E-state index contributed by atoms with van der Waals surface area (Å²) in [7, 11) is 0. The number of nitrogens with one attached hydrogen (secondary N) is 1. The molecule has 148 valence electrons. The van der Waals surface area contributed by atoms with Crippen LogP contribution in [0.5, 0.6) is 0 Å². The zero-order chi connectivity index (χ0) is 20.1. The average molecular weight is 390 g/mol. The molecule has 1 aromatic heterocycles. The van der Waals surface area contributed by atoms with Gasteiger partial charge in [0.1, 0.15) is 11.5 Å². The van der Waals surface area contributed by atoms with Crippen LogP contribution < -0.4 is 15.1 Å². The molecule has 0 bridgehead atoms. The average Bonchev–Trinajstić information content (AvgIpc) is 2.79. The number of anilines is 2. The van der Waals surface area contributed by atoms with Gasteiger partial charge < -0.3 is 15.1 Å². The van der Waals surface area contributed by atoms with E-state index >= 15 is 0 Å². The van der Waals surface area contributed by atoms with Crippen LogP contribution in [-0.2, 0) is 6.54 Å². The van der Waals surface area contributed by atoms with E-state index in [-0.39, 0.29) is 11.7 Å². The number of carbonyl (C=O) groups excluding carboxylic acids is 1. The molecular formula is C23H23FN4O. The Morgan fingerprint density at radius 2 is 1.62 bits per heavy atom. The van der Waals surface area contributed by atoms with Crippen molar-refractivity contribution >= 4 is 17.3 Å². The molecule has 0 aliphatic carbocycles. The molecule has 1 aliphatic rings. The third kappa shape index (κ3) is 4.54. The molecule has 2 heterocycles. The van der Waals surface area contributed by atoms with Crippen LogP contribution in [0.25, 0.3) is 0 Å². The molecule has 3 aromatic rings. The molecule has 0 spiro atoms. The number of hydrogen-bond acceptors (Lipinski definition) is 4. The number of piperazine rings is 1. The number of benzene rings is 2. The highest BCUT2D eigenvalue weighted by Crippen LogP contribution is 2.23. The second-order valence-electron chi connectivity index (χ2n) is 6.99. The second kappa shape index (κ2) is 8.73. The van der Waals surface area contributed by atoms with Crippen LogP contribution in [-0.4, -0.2) is 37.1 Å². The third-order valence-electron chi connectivity index (χ3n) is 5.11. The van der Waals surface area contributed by atoms with Gasteiger partial charge in [0.05, 0.1) is 5.69 Å². The van der Waals surface area contributed by atoms with Crippen LogP contribution in [0.4, 0.5) is 15.8 Å². The highest BCUT2D eigenvalue weighted by Gasteiger charge is 2.20. The Morgan fingerprint density at radius 3 is 2.38 bits per heavy atom. The Hall–Kier alpha value is -3.41. The number of pyridine rings is 1. The molecule has 1 N–H and O–H groups in total. The molecule has 1 fully saturated rings. The summed E-state index contributed by atoms with van der Waals surface area (Å²) in [5.41, 5.74) is 3.04. The first kappa shape index (κ1) is 18.9. The highest BCUT2D eigenvalue weighted by molar-refractivity contribution is 5.93. The summed E-state index contributed by atoms with van der Waals surface area (Å²) in [6.45, 7) is 3.41. The Labute approximate surface area is 169 Å². The van der Waals surface area contributed by atoms with Crippen molar-refractivity contribution in [3.8, 4) is 0 Å². The van der Waals surface area contributed by atoms with E-state index in [1.807, 2.05) is 54.6 Å². The standard InChI is InChI=1S/C23H23FN4O/c24-20-8-4-5-9-22(20)28-14-12-27(13-15-28)19-10-11-25-21(16-19)23(29)26-17-18-6-2-1-3-7-18/h1-11,16H,12-15,17H2,(H,26,29). The van der Waals surface area contributed by atoms with Gasteiger partial charge in [-0.1, -0.05) is 42.5 Å². The molecule has 0 unspecified atom stereocenters. The van der Waals surface area contributed by atoms with Crippen LogP contribution in [0.2, 0.25) is 0 Å². The van der Waals surface area contributed by atoms with Crippen molar-refractivity contribution in [3.05, 3.63) is 90.0 Å². The summed E-state index contributed by atoms with van der Waals surface area (Å²) in [6, 6.07) is 20.4. The lowest BCUT2D eigenvalue weighted by Crippen LogP contribution is -2.46. The number of carbonyl (C=O) groups is 1. The van der Waals surface area contributed by atoms with Gasteiger partial charge in [-0.15, -0.1) is 0 Å². The Kier molecular flexibility index (Phi) is 5.70. The van der Waals surface area contributed by atoms with Crippen molar-refractivity contribution < 1.29 is 9.18 Å². The number of hydrogen-bond donors (Lipinski definition) is 1. The minimum absolute atomic E-state index is 0.192. The number of amides is 1. The molecule has 4 rings (SSSR count). The van der Waals surface area contributed by atoms with E-state index in [2.05, 4.69) is 20.1 Å². The Morgan fingerprint density at radius 1 is 0.931 bits per heavy atom. The lowest BCUT2D eigenvalue weighted by atomic mass is 10.2. The summed E-state index contributed by atoms with van der Waals surface area (Å²) in [5, 5.41) is 2.91. The maximum absolute atomic E-state index is 14.0. The molecule has 0 saturated carbocycles. The summed E-state index contributed by atoms with van der Waals surface area (Å²) in [5.74, 6) is -0.386. The monoisotopic (exact) mass is 390 g/mol. The van der Waals surface area contributed by atoms with E-state index in [0.717, 1.165) is 37.4 Å². The van der Waals surface area contributed by atoms with Gasteiger partial charge in [-0.2, -0.15) is 0 Å². The zero-order valence-electron chi connectivity index (χ0n) is 16.1. The smallest absolute Gasteiger partial charge is 0.270 e. The van der Waals surface area contributed by atoms with E-state index in [9.17, 15) is 9.18 Å². The minimum atomic E-state index is -0.194. The Balaban J connectivity index is 1.38. The largest absolute Gasteiger partial charge is 0.368 e. The first-order valence-corrected chi connectivity index (χ1v) is 9.73. The number of nitrogens with zero attached hydrogens (tertiary/aromatic N) is 3. The van der Waals surface area contributed by atoms with Gasteiger partial charge in [0, 0.05) is 44.6 Å². The molecule has 0 atom stereocenters. The van der Waals surface area contributed by atoms with Gasteiger partial charge in [0.25, 0.3) is 5.91 Å². The van der Waals surface area contributed by atoms with Crippen LogP contribution in [0, 0.1) is 5.82 Å². The topological polar surface area (TPSA) is 48.5 Å². The number of halogens is 1. The van der Waals surface area contributed by atoms with Gasteiger partial charge >= 0.3 is 0 Å². The van der Waals surface area contributed by atoms with Crippen LogP contribution in [0.15, 0.2) is 72.9 Å². The summed E-state index contributed by atoms with van der Waals surface area (Å²) in [4.78, 5) is 21.0. The van der Waals surface area contributed by atoms with Crippen molar-refractivity contribution in [1.82, 2.24) is 10.3 Å². The highest BCUT2D eigenvalue weighted by atomic mass is 19.1. The molecule has 0 radical (unpaired) electrons. The van der Waals surface area contributed by atoms with Crippen molar-refractivity contribution in [1.29, 1.82) is 0 Å². The fourth-order valence-corrected chi connectivity index (χ4v) is 3.52. The third-order valence-corrected chi connectivity index (χ3v) is 5.11. The molecule has 1 amide bonds. The molecule has 1 saturated heterocycles. The fraction of sp³-hybridized carbons (Fsp3) is 0.217. The molecule has 1 aliphatic heterocycles. The van der Waals surface area contributed by atoms with Crippen molar-refractivity contribution in [2.24, 2.45) is 0 Å². The van der Waals surface area contributed by atoms with E-state index in [1.54, 1.807) is 12.3 Å². The van der Waals surface area contributed by atoms with E-state index in [1.165, 1.54) is 6.07 Å². The maximum Gasteiger partial charge on any atom is 0.270 e. The van der Waals surface area contributed by atoms with Gasteiger partial charge in [-0.05, 0) is 29.8 Å². The first-order chi connectivity index (χ1) is 14.2. The SMILES string of the molecule is O=C(NCc1ccccc1)c1cc(N2CCN(c3ccccc3F)CC2)ccn1. The van der Waals surface area contributed by atoms with Gasteiger partial charge in [-0.25, -0.2) is 4.39 Å². The van der Waals surface area contributed by atoms with Crippen LogP contribution in [0.3, 0.4) is 0 Å². The van der Waals surface area contributed by atoms with Crippen molar-refractivity contribution in [2.45, 2.75) is 6.54 Å². The normalized spacial score (nSPS) is 14.0. The van der Waals surface area contributed by atoms with Crippen LogP contribution >= 0.6 is 0 Å². The lowest BCUT2D eigenvalue weighted by molar-refractivity contribution is 0.0946. The van der Waals surface area contributed by atoms with Crippen LogP contribution in [0.1, 0.15) is 16.1 Å². The van der Waals surface area contributed by atoms with Crippen molar-refractivity contribution in [2.75, 3.05) is 36.0 Å². The minimum Gasteiger partial charge on any atom is -0.368 e.